The van der Waals surface area contributed by atoms with Gasteiger partial charge in [-0.15, -0.1) is 0 Å². The number of primary sulfonamides is 1. The molecule has 3 N–H and O–H groups in total. The second-order valence-electron chi connectivity index (χ2n) is 5.85. The summed E-state index contributed by atoms with van der Waals surface area (Å²) in [5, 5.41) is 8.24. The van der Waals surface area contributed by atoms with Crippen molar-refractivity contribution < 1.29 is 21.9 Å². The molecule has 2 aromatic rings. The molecule has 3 rings (SSSR count). The smallest absolute Gasteiger partial charge is 0.387 e. The molecule has 1 aliphatic heterocycles. The van der Waals surface area contributed by atoms with Crippen molar-refractivity contribution in [3.8, 4) is 5.75 Å². The third-order valence-electron chi connectivity index (χ3n) is 4.03. The van der Waals surface area contributed by atoms with Gasteiger partial charge in [0.05, 0.1) is 5.69 Å². The fourth-order valence-corrected chi connectivity index (χ4v) is 3.31. The van der Waals surface area contributed by atoms with Crippen LogP contribution in [0.25, 0.3) is 0 Å². The van der Waals surface area contributed by atoms with Gasteiger partial charge in [-0.2, -0.15) is 8.78 Å². The first-order valence-corrected chi connectivity index (χ1v) is 9.42. The van der Waals surface area contributed by atoms with Gasteiger partial charge in [-0.25, -0.2) is 18.5 Å². The molecule has 0 amide bonds. The number of halogens is 2. The Morgan fingerprint density at radius 2 is 2.04 bits per heavy atom. The maximum Gasteiger partial charge on any atom is 0.387 e. The fraction of sp³-hybridized carbons (Fsp3) is 0.312. The number of sulfonamides is 1. The molecule has 0 aliphatic carbocycles. The molecule has 140 valence electrons. The number of alkyl halides is 2. The number of rotatable bonds is 6. The van der Waals surface area contributed by atoms with E-state index in [4.69, 9.17) is 5.14 Å². The quantitative estimate of drug-likeness (QED) is 0.791. The van der Waals surface area contributed by atoms with Crippen LogP contribution >= 0.6 is 0 Å². The van der Waals surface area contributed by atoms with E-state index in [9.17, 15) is 17.2 Å². The molecular weight excluding hydrogens is 366 g/mol. The Bertz CT molecular complexity index is 862. The van der Waals surface area contributed by atoms with E-state index in [1.54, 1.807) is 18.2 Å². The van der Waals surface area contributed by atoms with Crippen molar-refractivity contribution in [2.45, 2.75) is 24.0 Å². The number of ether oxygens (including phenoxy) is 1. The van der Waals surface area contributed by atoms with E-state index in [0.29, 0.717) is 24.6 Å². The molecule has 2 heterocycles. The van der Waals surface area contributed by atoms with Gasteiger partial charge in [0.1, 0.15) is 16.5 Å². The molecule has 7 nitrogen and oxygen atoms in total. The highest BCUT2D eigenvalue weighted by molar-refractivity contribution is 7.89. The third-order valence-corrected chi connectivity index (χ3v) is 4.93. The lowest BCUT2D eigenvalue weighted by Crippen LogP contribution is -2.26. The number of benzene rings is 1. The minimum atomic E-state index is -3.78. The maximum absolute atomic E-state index is 12.6. The van der Waals surface area contributed by atoms with E-state index in [2.05, 4.69) is 15.0 Å². The average molecular weight is 384 g/mol. The Hall–Kier alpha value is -2.46. The normalized spacial score (nSPS) is 17.5. The van der Waals surface area contributed by atoms with Gasteiger partial charge in [0.2, 0.25) is 10.0 Å². The molecule has 0 radical (unpaired) electrons. The number of pyridine rings is 1. The number of hydrogen-bond donors (Lipinski definition) is 2. The number of nitrogens with zero attached hydrogens (tertiary/aromatic N) is 2. The minimum Gasteiger partial charge on any atom is -0.433 e. The van der Waals surface area contributed by atoms with Gasteiger partial charge in [-0.1, -0.05) is 12.1 Å². The summed E-state index contributed by atoms with van der Waals surface area (Å²) in [5.74, 6) is 0.653. The first kappa shape index (κ1) is 18.3. The highest BCUT2D eigenvalue weighted by Crippen LogP contribution is 2.32. The number of nitrogens with two attached hydrogens (primary N) is 1. The Morgan fingerprint density at radius 1 is 1.27 bits per heavy atom. The van der Waals surface area contributed by atoms with Crippen LogP contribution in [0.1, 0.15) is 6.42 Å². The van der Waals surface area contributed by atoms with Gasteiger partial charge in [0.25, 0.3) is 0 Å². The molecular formula is C16H18F2N4O3S. The number of aromatic nitrogens is 1. The Balaban J connectivity index is 1.66. The molecule has 26 heavy (non-hydrogen) atoms. The lowest BCUT2D eigenvalue weighted by molar-refractivity contribution is -0.0495. The summed E-state index contributed by atoms with van der Waals surface area (Å²) in [5.41, 5.74) is 0.606. The van der Waals surface area contributed by atoms with Crippen molar-refractivity contribution in [1.29, 1.82) is 0 Å². The largest absolute Gasteiger partial charge is 0.433 e. The topological polar surface area (TPSA) is 97.5 Å². The van der Waals surface area contributed by atoms with Gasteiger partial charge < -0.3 is 15.0 Å². The predicted molar refractivity (Wildman–Crippen MR) is 92.9 cm³/mol. The van der Waals surface area contributed by atoms with Crippen LogP contribution in [0.5, 0.6) is 5.75 Å². The summed E-state index contributed by atoms with van der Waals surface area (Å²) in [7, 11) is -3.78. The van der Waals surface area contributed by atoms with Gasteiger partial charge in [-0.3, -0.25) is 0 Å². The summed E-state index contributed by atoms with van der Waals surface area (Å²) < 4.78 is 52.2. The predicted octanol–water partition coefficient (Wildman–Crippen LogP) is 2.02. The van der Waals surface area contributed by atoms with Gasteiger partial charge in [-0.05, 0) is 30.7 Å². The number of anilines is 2. The molecule has 1 aromatic heterocycles. The molecule has 1 fully saturated rings. The molecule has 0 spiro atoms. The zero-order valence-corrected chi connectivity index (χ0v) is 14.5. The van der Waals surface area contributed by atoms with E-state index in [-0.39, 0.29) is 16.7 Å². The zero-order valence-electron chi connectivity index (χ0n) is 13.7. The molecule has 0 saturated carbocycles. The highest BCUT2D eigenvalue weighted by atomic mass is 32.2. The van der Waals surface area contributed by atoms with Crippen LogP contribution in [0.4, 0.5) is 20.3 Å². The summed E-state index contributed by atoms with van der Waals surface area (Å²) in [6, 6.07) is 9.60. The van der Waals surface area contributed by atoms with Crippen LogP contribution < -0.4 is 20.1 Å². The van der Waals surface area contributed by atoms with Crippen molar-refractivity contribution in [3.05, 3.63) is 42.6 Å². The number of nitrogens with one attached hydrogen (secondary N) is 1. The average Bonchev–Trinajstić information content (AvgIpc) is 3.03. The molecule has 0 bridgehead atoms. The van der Waals surface area contributed by atoms with E-state index in [1.165, 1.54) is 24.4 Å². The standard InChI is InChI=1S/C16H18F2N4O3S/c17-16(18)25-14-4-2-1-3-13(14)22-8-7-11(10-22)21-15-6-5-12(9-20-15)26(19,23)24/h1-6,9,11,16H,7-8,10H2,(H,20,21)(H2,19,23,24). The van der Waals surface area contributed by atoms with Crippen LogP contribution in [-0.2, 0) is 10.0 Å². The summed E-state index contributed by atoms with van der Waals surface area (Å²) in [6.07, 6.45) is 1.96. The molecule has 1 saturated heterocycles. The van der Waals surface area contributed by atoms with Crippen LogP contribution in [-0.4, -0.2) is 39.1 Å². The van der Waals surface area contributed by atoms with Crippen molar-refractivity contribution in [1.82, 2.24) is 4.98 Å². The zero-order chi connectivity index (χ0) is 18.7. The first-order chi connectivity index (χ1) is 12.3. The van der Waals surface area contributed by atoms with Crippen molar-refractivity contribution in [3.63, 3.8) is 0 Å². The second-order valence-corrected chi connectivity index (χ2v) is 7.41. The van der Waals surface area contributed by atoms with Gasteiger partial charge in [0.15, 0.2) is 0 Å². The van der Waals surface area contributed by atoms with Gasteiger partial charge >= 0.3 is 6.61 Å². The summed E-state index contributed by atoms with van der Waals surface area (Å²) in [6.45, 7) is -1.65. The lowest BCUT2D eigenvalue weighted by atomic mass is 10.2. The van der Waals surface area contributed by atoms with Crippen molar-refractivity contribution in [2.24, 2.45) is 5.14 Å². The van der Waals surface area contributed by atoms with E-state index < -0.39 is 16.6 Å². The van der Waals surface area contributed by atoms with Crippen LogP contribution in [0.15, 0.2) is 47.5 Å². The van der Waals surface area contributed by atoms with E-state index >= 15 is 0 Å². The summed E-state index contributed by atoms with van der Waals surface area (Å²) >= 11 is 0. The molecule has 1 atom stereocenters. The number of hydrogen-bond acceptors (Lipinski definition) is 6. The highest BCUT2D eigenvalue weighted by Gasteiger charge is 2.25. The Kier molecular flexibility index (Phi) is 5.23. The third kappa shape index (κ3) is 4.38. The lowest BCUT2D eigenvalue weighted by Gasteiger charge is -2.22. The molecule has 1 aliphatic rings. The van der Waals surface area contributed by atoms with Crippen LogP contribution in [0.3, 0.4) is 0 Å². The fourth-order valence-electron chi connectivity index (χ4n) is 2.85. The van der Waals surface area contributed by atoms with Crippen LogP contribution in [0, 0.1) is 0 Å². The maximum atomic E-state index is 12.6. The summed E-state index contributed by atoms with van der Waals surface area (Å²) in [4.78, 5) is 5.94. The van der Waals surface area contributed by atoms with Crippen molar-refractivity contribution in [2.75, 3.05) is 23.3 Å². The Labute approximate surface area is 149 Å². The van der Waals surface area contributed by atoms with Gasteiger partial charge in [0, 0.05) is 25.3 Å². The molecule has 1 aromatic carbocycles. The molecule has 1 unspecified atom stereocenters. The minimum absolute atomic E-state index is 0.0300. The Morgan fingerprint density at radius 3 is 2.69 bits per heavy atom. The first-order valence-electron chi connectivity index (χ1n) is 7.87. The monoisotopic (exact) mass is 384 g/mol. The number of para-hydroxylation sites is 2. The van der Waals surface area contributed by atoms with E-state index in [1.807, 2.05) is 4.90 Å². The van der Waals surface area contributed by atoms with Crippen molar-refractivity contribution >= 4 is 21.5 Å². The second kappa shape index (κ2) is 7.42. The van der Waals surface area contributed by atoms with Crippen LogP contribution in [0.2, 0.25) is 0 Å². The SMILES string of the molecule is NS(=O)(=O)c1ccc(NC2CCN(c3ccccc3OC(F)F)C2)nc1. The molecule has 10 heteroatoms. The van der Waals surface area contributed by atoms with E-state index in [0.717, 1.165) is 6.42 Å².